The maximum atomic E-state index is 11.6. The van der Waals surface area contributed by atoms with Gasteiger partial charge in [0.25, 0.3) is 0 Å². The van der Waals surface area contributed by atoms with Crippen molar-refractivity contribution in [2.45, 2.75) is 26.7 Å². The van der Waals surface area contributed by atoms with Gasteiger partial charge in [-0.2, -0.15) is 0 Å². The predicted molar refractivity (Wildman–Crippen MR) is 43.2 cm³/mol. The molecule has 0 bridgehead atoms. The Kier molecular flexibility index (Phi) is 6.74. The maximum absolute atomic E-state index is 11.6. The van der Waals surface area contributed by atoms with E-state index < -0.39 is 0 Å². The summed E-state index contributed by atoms with van der Waals surface area (Å²) in [5.41, 5.74) is 0. The number of halogens is 1. The van der Waals surface area contributed by atoms with Crippen molar-refractivity contribution in [3.05, 3.63) is 0 Å². The van der Waals surface area contributed by atoms with Gasteiger partial charge in [0.1, 0.15) is 6.42 Å². The third kappa shape index (κ3) is 6.24. The lowest BCUT2D eigenvalue weighted by Gasteiger charge is -2.06. The van der Waals surface area contributed by atoms with E-state index in [2.05, 4.69) is 13.8 Å². The standard InChI is InChI=1S/C7H16FP/c1-3-4-7(2)5-9-6-8/h7,9H,3-6H2,1-2H3. The van der Waals surface area contributed by atoms with Crippen LogP contribution in [-0.4, -0.2) is 12.6 Å². The molecule has 0 saturated carbocycles. The second kappa shape index (κ2) is 6.48. The zero-order chi connectivity index (χ0) is 7.11. The predicted octanol–water partition coefficient (Wildman–Crippen LogP) is 3.03. The lowest BCUT2D eigenvalue weighted by Crippen LogP contribution is -1.95. The third-order valence-corrected chi connectivity index (χ3v) is 2.54. The zero-order valence-electron chi connectivity index (χ0n) is 6.28. The molecule has 0 radical (unpaired) electrons. The fourth-order valence-electron chi connectivity index (χ4n) is 0.896. The summed E-state index contributed by atoms with van der Waals surface area (Å²) >= 11 is 0. The summed E-state index contributed by atoms with van der Waals surface area (Å²) in [5.74, 6) is 0.740. The highest BCUT2D eigenvalue weighted by molar-refractivity contribution is 7.37. The van der Waals surface area contributed by atoms with Gasteiger partial charge in [-0.15, -0.1) is 0 Å². The van der Waals surface area contributed by atoms with Gasteiger partial charge in [0.2, 0.25) is 0 Å². The third-order valence-electron chi connectivity index (χ3n) is 1.37. The topological polar surface area (TPSA) is 0 Å². The van der Waals surface area contributed by atoms with Crippen LogP contribution in [0.1, 0.15) is 26.7 Å². The lowest BCUT2D eigenvalue weighted by molar-refractivity contribution is 0.570. The molecule has 0 rings (SSSR count). The summed E-state index contributed by atoms with van der Waals surface area (Å²) in [7, 11) is 0.538. The Balaban J connectivity index is 2.95. The van der Waals surface area contributed by atoms with Gasteiger partial charge >= 0.3 is 0 Å². The van der Waals surface area contributed by atoms with Gasteiger partial charge in [0, 0.05) is 0 Å². The summed E-state index contributed by atoms with van der Waals surface area (Å²) in [4.78, 5) is 0. The van der Waals surface area contributed by atoms with Crippen LogP contribution < -0.4 is 0 Å². The molecule has 0 aromatic rings. The van der Waals surface area contributed by atoms with Gasteiger partial charge < -0.3 is 0 Å². The molecule has 2 heteroatoms. The molecular weight excluding hydrogens is 134 g/mol. The summed E-state index contributed by atoms with van der Waals surface area (Å²) in [6.45, 7) is 4.38. The van der Waals surface area contributed by atoms with Crippen molar-refractivity contribution in [1.82, 2.24) is 0 Å². The average molecular weight is 150 g/mol. The molecule has 9 heavy (non-hydrogen) atoms. The molecule has 0 saturated heterocycles. The Morgan fingerprint density at radius 1 is 1.56 bits per heavy atom. The van der Waals surface area contributed by atoms with Crippen molar-refractivity contribution in [3.8, 4) is 0 Å². The molecule has 0 heterocycles. The molecule has 2 unspecified atom stereocenters. The minimum atomic E-state index is -0.117. The lowest BCUT2D eigenvalue weighted by atomic mass is 10.1. The van der Waals surface area contributed by atoms with Gasteiger partial charge in [0.15, 0.2) is 0 Å². The maximum Gasteiger partial charge on any atom is 0.106 e. The zero-order valence-corrected chi connectivity index (χ0v) is 7.28. The smallest absolute Gasteiger partial charge is 0.106 e. The van der Waals surface area contributed by atoms with Gasteiger partial charge in [-0.25, -0.2) is 4.39 Å². The second-order valence-corrected chi connectivity index (χ2v) is 3.66. The molecule has 0 spiro atoms. The fraction of sp³-hybridized carbons (Fsp3) is 1.00. The Morgan fingerprint density at radius 2 is 2.22 bits per heavy atom. The van der Waals surface area contributed by atoms with Gasteiger partial charge in [-0.05, 0) is 12.1 Å². The summed E-state index contributed by atoms with van der Waals surface area (Å²) in [6.07, 6.45) is 3.46. The largest absolute Gasteiger partial charge is 0.246 e. The van der Waals surface area contributed by atoms with Crippen molar-refractivity contribution in [3.63, 3.8) is 0 Å². The summed E-state index contributed by atoms with van der Waals surface area (Å²) in [6, 6.07) is 0. The molecule has 0 nitrogen and oxygen atoms in total. The minimum absolute atomic E-state index is 0.117. The first-order chi connectivity index (χ1) is 4.31. The van der Waals surface area contributed by atoms with Gasteiger partial charge in [-0.1, -0.05) is 35.3 Å². The van der Waals surface area contributed by atoms with Crippen molar-refractivity contribution in [1.29, 1.82) is 0 Å². The van der Waals surface area contributed by atoms with Crippen LogP contribution in [0, 0.1) is 5.92 Å². The molecule has 0 N–H and O–H groups in total. The first-order valence-corrected chi connectivity index (χ1v) is 4.99. The van der Waals surface area contributed by atoms with Crippen molar-refractivity contribution >= 4 is 8.58 Å². The highest BCUT2D eigenvalue weighted by Crippen LogP contribution is 2.18. The van der Waals surface area contributed by atoms with E-state index in [4.69, 9.17) is 0 Å². The van der Waals surface area contributed by atoms with E-state index in [1.807, 2.05) is 0 Å². The second-order valence-electron chi connectivity index (χ2n) is 2.48. The Hall–Kier alpha value is 0.360. The van der Waals surface area contributed by atoms with Crippen molar-refractivity contribution in [2.75, 3.05) is 12.6 Å². The van der Waals surface area contributed by atoms with E-state index in [-0.39, 0.29) is 6.42 Å². The molecule has 0 aromatic heterocycles. The highest BCUT2D eigenvalue weighted by atomic mass is 31.1. The number of hydrogen-bond acceptors (Lipinski definition) is 0. The van der Waals surface area contributed by atoms with Crippen LogP contribution in [0.5, 0.6) is 0 Å². The van der Waals surface area contributed by atoms with Crippen LogP contribution in [0.25, 0.3) is 0 Å². The molecule has 0 aliphatic carbocycles. The van der Waals surface area contributed by atoms with Crippen LogP contribution >= 0.6 is 8.58 Å². The van der Waals surface area contributed by atoms with E-state index in [0.29, 0.717) is 8.58 Å². The fourth-order valence-corrected chi connectivity index (χ4v) is 1.70. The first-order valence-electron chi connectivity index (χ1n) is 3.58. The molecule has 0 aliphatic rings. The molecule has 0 aliphatic heterocycles. The van der Waals surface area contributed by atoms with Crippen LogP contribution in [0.4, 0.5) is 4.39 Å². The number of hydrogen-bond donors (Lipinski definition) is 0. The minimum Gasteiger partial charge on any atom is -0.246 e. The molecular formula is C7H16FP. The van der Waals surface area contributed by atoms with Crippen molar-refractivity contribution in [2.24, 2.45) is 5.92 Å². The number of alkyl halides is 1. The normalized spacial score (nSPS) is 15.0. The quantitative estimate of drug-likeness (QED) is 0.528. The van der Waals surface area contributed by atoms with E-state index >= 15 is 0 Å². The molecule has 0 amide bonds. The monoisotopic (exact) mass is 150 g/mol. The van der Waals surface area contributed by atoms with E-state index in [0.717, 1.165) is 12.1 Å². The van der Waals surface area contributed by atoms with Crippen LogP contribution in [0.2, 0.25) is 0 Å². The van der Waals surface area contributed by atoms with Gasteiger partial charge in [-0.3, -0.25) is 0 Å². The summed E-state index contributed by atoms with van der Waals surface area (Å²) < 4.78 is 11.6. The molecule has 0 fully saturated rings. The highest BCUT2D eigenvalue weighted by Gasteiger charge is 1.98. The molecule has 56 valence electrons. The Labute approximate surface area is 59.0 Å². The Bertz CT molecular complexity index is 56.9. The van der Waals surface area contributed by atoms with Crippen LogP contribution in [0.15, 0.2) is 0 Å². The van der Waals surface area contributed by atoms with Crippen molar-refractivity contribution < 1.29 is 4.39 Å². The SMILES string of the molecule is CCCC(C)CPCF. The summed E-state index contributed by atoms with van der Waals surface area (Å²) in [5, 5.41) is 0. The van der Waals surface area contributed by atoms with Gasteiger partial charge in [0.05, 0.1) is 0 Å². The van der Waals surface area contributed by atoms with Crippen LogP contribution in [-0.2, 0) is 0 Å². The van der Waals surface area contributed by atoms with E-state index in [1.54, 1.807) is 0 Å². The average Bonchev–Trinajstić information content (AvgIpc) is 1.85. The molecule has 0 aromatic carbocycles. The Morgan fingerprint density at radius 3 is 2.67 bits per heavy atom. The first kappa shape index (κ1) is 9.36. The molecule has 2 atom stereocenters. The van der Waals surface area contributed by atoms with E-state index in [1.165, 1.54) is 12.8 Å². The van der Waals surface area contributed by atoms with E-state index in [9.17, 15) is 4.39 Å². The number of rotatable bonds is 5. The van der Waals surface area contributed by atoms with Crippen LogP contribution in [0.3, 0.4) is 0 Å².